The molecule has 4 heterocycles. The second kappa shape index (κ2) is 4.22. The summed E-state index contributed by atoms with van der Waals surface area (Å²) < 4.78 is 19.7. The molecular weight excluding hydrogens is 290 g/mol. The number of fused-ring (bicyclic) bond motifs is 2. The van der Waals surface area contributed by atoms with E-state index in [1.54, 1.807) is 4.57 Å². The summed E-state index contributed by atoms with van der Waals surface area (Å²) >= 11 is 0. The highest BCUT2D eigenvalue weighted by Gasteiger charge is 2.54. The van der Waals surface area contributed by atoms with Crippen molar-refractivity contribution in [1.82, 2.24) is 9.55 Å². The first kappa shape index (κ1) is 13.6. The van der Waals surface area contributed by atoms with E-state index in [0.29, 0.717) is 22.0 Å². The SMILES string of the molecule is C=C1OC(n2cnc3c2N=C[N+](=O)C3N)C2OC(C)(C)OC12. The lowest BCUT2D eigenvalue weighted by Crippen LogP contribution is -2.29. The number of nitrogens with two attached hydrogens (primary N) is 1. The molecule has 2 fully saturated rings. The molecule has 4 rings (SSSR count). The van der Waals surface area contributed by atoms with Crippen molar-refractivity contribution >= 4 is 12.2 Å². The molecule has 3 aliphatic heterocycles. The highest BCUT2D eigenvalue weighted by atomic mass is 16.8. The molecule has 0 spiro atoms. The maximum absolute atomic E-state index is 11.5. The first-order chi connectivity index (χ1) is 10.4. The second-order valence-electron chi connectivity index (χ2n) is 5.91. The molecule has 116 valence electrons. The maximum Gasteiger partial charge on any atom is 0.329 e. The van der Waals surface area contributed by atoms with Gasteiger partial charge in [0, 0.05) is 0 Å². The Bertz CT molecular complexity index is 709. The van der Waals surface area contributed by atoms with Gasteiger partial charge in [0.05, 0.1) is 0 Å². The van der Waals surface area contributed by atoms with E-state index in [0.717, 1.165) is 6.34 Å². The summed E-state index contributed by atoms with van der Waals surface area (Å²) in [6.45, 7) is 7.55. The van der Waals surface area contributed by atoms with Gasteiger partial charge in [0.15, 0.2) is 17.6 Å². The molecule has 0 aromatic carbocycles. The van der Waals surface area contributed by atoms with Gasteiger partial charge in [0.1, 0.15) is 18.2 Å². The Morgan fingerprint density at radius 3 is 3.00 bits per heavy atom. The standard InChI is InChI=1S/C13H16N5O4/c1-6-8-9(22-13(2,3)21-8)12(20-6)17-4-15-7-10(14)18(19)5-16-11(7)17/h4-5,8-10,12H,1,14H2,2-3H3/q+1. The van der Waals surface area contributed by atoms with Crippen LogP contribution >= 0.6 is 0 Å². The van der Waals surface area contributed by atoms with Crippen LogP contribution in [0.15, 0.2) is 23.7 Å². The van der Waals surface area contributed by atoms with Gasteiger partial charge in [-0.25, -0.2) is 4.98 Å². The Morgan fingerprint density at radius 1 is 1.45 bits per heavy atom. The van der Waals surface area contributed by atoms with Gasteiger partial charge in [-0.1, -0.05) is 11.5 Å². The summed E-state index contributed by atoms with van der Waals surface area (Å²) in [6, 6.07) is 0. The predicted molar refractivity (Wildman–Crippen MR) is 74.0 cm³/mol. The first-order valence-electron chi connectivity index (χ1n) is 6.90. The molecule has 0 amide bonds. The molecule has 2 N–H and O–H groups in total. The summed E-state index contributed by atoms with van der Waals surface area (Å²) in [5.74, 6) is 0.260. The van der Waals surface area contributed by atoms with Crippen LogP contribution in [0.4, 0.5) is 5.82 Å². The van der Waals surface area contributed by atoms with Gasteiger partial charge in [-0.3, -0.25) is 10.3 Å². The van der Waals surface area contributed by atoms with Crippen LogP contribution in [0.25, 0.3) is 0 Å². The van der Waals surface area contributed by atoms with E-state index in [-0.39, 0.29) is 12.2 Å². The predicted octanol–water partition coefficient (Wildman–Crippen LogP) is 0.855. The summed E-state index contributed by atoms with van der Waals surface area (Å²) in [4.78, 5) is 19.8. The van der Waals surface area contributed by atoms with Crippen molar-refractivity contribution in [3.8, 4) is 0 Å². The Balaban J connectivity index is 1.73. The van der Waals surface area contributed by atoms with Crippen molar-refractivity contribution in [3.05, 3.63) is 29.3 Å². The monoisotopic (exact) mass is 306 g/mol. The zero-order valence-corrected chi connectivity index (χ0v) is 12.2. The van der Waals surface area contributed by atoms with Crippen molar-refractivity contribution in [1.29, 1.82) is 0 Å². The fraction of sp³-hybridized carbons (Fsp3) is 0.538. The van der Waals surface area contributed by atoms with Crippen molar-refractivity contribution in [2.75, 3.05) is 0 Å². The van der Waals surface area contributed by atoms with Gasteiger partial charge in [-0.05, 0) is 23.6 Å². The third-order valence-electron chi connectivity index (χ3n) is 3.92. The minimum Gasteiger partial charge on any atom is -0.469 e. The number of rotatable bonds is 1. The Kier molecular flexibility index (Phi) is 2.60. The van der Waals surface area contributed by atoms with Crippen LogP contribution in [-0.2, 0) is 14.2 Å². The van der Waals surface area contributed by atoms with Crippen molar-refractivity contribution in [2.24, 2.45) is 10.7 Å². The molecule has 9 heteroatoms. The second-order valence-corrected chi connectivity index (χ2v) is 5.91. The van der Waals surface area contributed by atoms with Crippen LogP contribution < -0.4 is 5.73 Å². The summed E-state index contributed by atoms with van der Waals surface area (Å²) in [5, 5.41) is 0. The van der Waals surface area contributed by atoms with Crippen LogP contribution in [0.3, 0.4) is 0 Å². The summed E-state index contributed by atoms with van der Waals surface area (Å²) in [7, 11) is 0. The lowest BCUT2D eigenvalue weighted by Gasteiger charge is -2.22. The maximum atomic E-state index is 11.5. The van der Waals surface area contributed by atoms with E-state index < -0.39 is 18.2 Å². The number of hydrogen-bond acceptors (Lipinski definition) is 7. The molecule has 3 aliphatic rings. The molecule has 4 atom stereocenters. The quantitative estimate of drug-likeness (QED) is 0.772. The average Bonchev–Trinajstić information content (AvgIpc) is 3.08. The molecule has 9 nitrogen and oxygen atoms in total. The van der Waals surface area contributed by atoms with Gasteiger partial charge in [-0.2, -0.15) is 0 Å². The molecule has 1 aromatic rings. The Morgan fingerprint density at radius 2 is 2.23 bits per heavy atom. The molecule has 0 radical (unpaired) electrons. The van der Waals surface area contributed by atoms with Crippen LogP contribution in [0, 0.1) is 4.91 Å². The minimum absolute atomic E-state index is 0.352. The van der Waals surface area contributed by atoms with E-state index in [9.17, 15) is 4.91 Å². The number of imidazole rings is 1. The molecule has 2 saturated heterocycles. The van der Waals surface area contributed by atoms with E-state index >= 15 is 0 Å². The highest BCUT2D eigenvalue weighted by Crippen LogP contribution is 2.46. The number of aromatic nitrogens is 2. The van der Waals surface area contributed by atoms with Crippen molar-refractivity contribution in [3.63, 3.8) is 0 Å². The molecule has 0 aliphatic carbocycles. The molecule has 22 heavy (non-hydrogen) atoms. The lowest BCUT2D eigenvalue weighted by atomic mass is 10.2. The Hall–Kier alpha value is -2.10. The molecule has 0 saturated carbocycles. The van der Waals surface area contributed by atoms with Crippen LogP contribution in [0.1, 0.15) is 31.9 Å². The van der Waals surface area contributed by atoms with Gasteiger partial charge in [-0.15, -0.1) is 0 Å². The average molecular weight is 306 g/mol. The third kappa shape index (κ3) is 1.76. The first-order valence-corrected chi connectivity index (χ1v) is 6.90. The Labute approximate surface area is 125 Å². The molecular formula is C13H16N5O4+. The number of aliphatic imine (C=N–C) groups is 1. The fourth-order valence-electron chi connectivity index (χ4n) is 2.95. The molecule has 4 unspecified atom stereocenters. The number of hydrogen-bond donors (Lipinski definition) is 1. The third-order valence-corrected chi connectivity index (χ3v) is 3.92. The normalized spacial score (nSPS) is 35.4. The fourth-order valence-corrected chi connectivity index (χ4v) is 2.95. The highest BCUT2D eigenvalue weighted by molar-refractivity contribution is 5.57. The van der Waals surface area contributed by atoms with Crippen molar-refractivity contribution < 1.29 is 19.0 Å². The molecule has 1 aromatic heterocycles. The smallest absolute Gasteiger partial charge is 0.329 e. The van der Waals surface area contributed by atoms with Gasteiger partial charge < -0.3 is 14.2 Å². The van der Waals surface area contributed by atoms with Gasteiger partial charge in [0.2, 0.25) is 12.4 Å². The summed E-state index contributed by atoms with van der Waals surface area (Å²) in [6.07, 6.45) is 0.551. The largest absolute Gasteiger partial charge is 0.469 e. The van der Waals surface area contributed by atoms with Gasteiger partial charge >= 0.3 is 6.34 Å². The number of nitroso groups, excluding NO2 is 1. The molecule has 0 bridgehead atoms. The van der Waals surface area contributed by atoms with E-state index in [1.165, 1.54) is 6.33 Å². The van der Waals surface area contributed by atoms with E-state index in [4.69, 9.17) is 19.9 Å². The van der Waals surface area contributed by atoms with Crippen LogP contribution in [-0.4, -0.2) is 38.6 Å². The zero-order chi connectivity index (χ0) is 15.6. The lowest BCUT2D eigenvalue weighted by molar-refractivity contribution is -0.475. The topological polar surface area (TPSA) is 104 Å². The summed E-state index contributed by atoms with van der Waals surface area (Å²) in [5.41, 5.74) is 6.21. The number of nitrogens with zero attached hydrogens (tertiary/aromatic N) is 4. The number of ether oxygens (including phenoxy) is 3. The van der Waals surface area contributed by atoms with Crippen LogP contribution in [0.5, 0.6) is 0 Å². The van der Waals surface area contributed by atoms with E-state index in [2.05, 4.69) is 16.6 Å². The van der Waals surface area contributed by atoms with Crippen LogP contribution in [0.2, 0.25) is 0 Å². The van der Waals surface area contributed by atoms with Gasteiger partial charge in [0.25, 0.3) is 5.82 Å². The van der Waals surface area contributed by atoms with Crippen molar-refractivity contribution in [2.45, 2.75) is 44.2 Å². The van der Waals surface area contributed by atoms with E-state index in [1.807, 2.05) is 13.8 Å². The minimum atomic E-state index is -0.883. The zero-order valence-electron chi connectivity index (χ0n) is 12.2.